The standard InChI is InChI=1S/C33H44N6O5S/c1-23(2)39(4)32(42)37-30(17-18-35-24(3)40)31(41)36-27(19-25-11-7-5-8-12-25)15-16-29(26-13-9-6-10-14-26)38-33(43)44-21-28-20-34-22-45-28/h5-14,20,22-23,27,29-30H,15-19,21H2,1-4H3,(H,35,40)(H,36,41)(H,37,42)(H,38,43). The Morgan fingerprint density at radius 2 is 1.60 bits per heavy atom. The predicted molar refractivity (Wildman–Crippen MR) is 174 cm³/mol. The average molecular weight is 637 g/mol. The summed E-state index contributed by atoms with van der Waals surface area (Å²) >= 11 is 1.41. The molecule has 5 amide bonds. The Kier molecular flexibility index (Phi) is 14.3. The average Bonchev–Trinajstić information content (AvgIpc) is 3.55. The van der Waals surface area contributed by atoms with E-state index in [0.29, 0.717) is 19.3 Å². The van der Waals surface area contributed by atoms with Crippen molar-refractivity contribution in [1.29, 1.82) is 0 Å². The number of nitrogens with one attached hydrogen (secondary N) is 4. The highest BCUT2D eigenvalue weighted by atomic mass is 32.1. The van der Waals surface area contributed by atoms with Crippen molar-refractivity contribution >= 4 is 35.3 Å². The van der Waals surface area contributed by atoms with E-state index in [1.165, 1.54) is 23.2 Å². The minimum absolute atomic E-state index is 0.0639. The van der Waals surface area contributed by atoms with Crippen molar-refractivity contribution in [1.82, 2.24) is 31.2 Å². The zero-order valence-electron chi connectivity index (χ0n) is 26.3. The molecule has 0 aliphatic heterocycles. The number of benzene rings is 2. The van der Waals surface area contributed by atoms with Crippen LogP contribution in [0.15, 0.2) is 72.4 Å². The van der Waals surface area contributed by atoms with Crippen LogP contribution in [0.5, 0.6) is 0 Å². The molecule has 3 aromatic rings. The van der Waals surface area contributed by atoms with Gasteiger partial charge >= 0.3 is 12.1 Å². The summed E-state index contributed by atoms with van der Waals surface area (Å²) in [7, 11) is 1.67. The van der Waals surface area contributed by atoms with Crippen LogP contribution < -0.4 is 21.3 Å². The lowest BCUT2D eigenvalue weighted by Crippen LogP contribution is -2.54. The first kappa shape index (κ1) is 35.0. The van der Waals surface area contributed by atoms with Crippen molar-refractivity contribution in [3.05, 3.63) is 88.4 Å². The molecule has 1 heterocycles. The SMILES string of the molecule is CC(=O)NCCC(NC(=O)N(C)C(C)C)C(=O)NC(CCC(NC(=O)OCc1cncs1)c1ccccc1)Cc1ccccc1. The fourth-order valence-corrected chi connectivity index (χ4v) is 5.09. The van der Waals surface area contributed by atoms with Crippen molar-refractivity contribution in [2.45, 2.75) is 77.2 Å². The summed E-state index contributed by atoms with van der Waals surface area (Å²) in [4.78, 5) is 57.2. The van der Waals surface area contributed by atoms with E-state index >= 15 is 0 Å². The van der Waals surface area contributed by atoms with E-state index < -0.39 is 12.1 Å². The number of carbonyl (C=O) groups excluding carboxylic acids is 4. The summed E-state index contributed by atoms with van der Waals surface area (Å²) in [5.74, 6) is -0.563. The van der Waals surface area contributed by atoms with Gasteiger partial charge in [-0.3, -0.25) is 14.6 Å². The van der Waals surface area contributed by atoms with Gasteiger partial charge in [0.1, 0.15) is 12.6 Å². The van der Waals surface area contributed by atoms with Gasteiger partial charge in [-0.25, -0.2) is 9.59 Å². The quantitative estimate of drug-likeness (QED) is 0.182. The molecule has 45 heavy (non-hydrogen) atoms. The molecule has 0 saturated carbocycles. The molecule has 2 aromatic carbocycles. The largest absolute Gasteiger partial charge is 0.444 e. The first-order chi connectivity index (χ1) is 21.6. The molecule has 3 rings (SSSR count). The van der Waals surface area contributed by atoms with E-state index in [1.807, 2.05) is 74.5 Å². The Morgan fingerprint density at radius 3 is 2.22 bits per heavy atom. The highest BCUT2D eigenvalue weighted by Crippen LogP contribution is 2.21. The van der Waals surface area contributed by atoms with Crippen LogP contribution >= 0.6 is 11.3 Å². The minimum Gasteiger partial charge on any atom is -0.444 e. The molecule has 0 saturated heterocycles. The number of alkyl carbamates (subject to hydrolysis) is 1. The third kappa shape index (κ3) is 12.6. The van der Waals surface area contributed by atoms with Crippen LogP contribution in [0.25, 0.3) is 0 Å². The van der Waals surface area contributed by atoms with E-state index in [1.54, 1.807) is 18.8 Å². The number of amides is 5. The first-order valence-electron chi connectivity index (χ1n) is 15.1. The molecule has 3 atom stereocenters. The summed E-state index contributed by atoms with van der Waals surface area (Å²) in [6, 6.07) is 17.4. The van der Waals surface area contributed by atoms with Gasteiger partial charge in [-0.05, 0) is 50.7 Å². The van der Waals surface area contributed by atoms with Gasteiger partial charge in [0.25, 0.3) is 0 Å². The number of aromatic nitrogens is 1. The molecular weight excluding hydrogens is 592 g/mol. The van der Waals surface area contributed by atoms with Gasteiger partial charge in [0.15, 0.2) is 0 Å². The Hall–Kier alpha value is -4.45. The third-order valence-electron chi connectivity index (χ3n) is 7.31. The maximum Gasteiger partial charge on any atom is 0.407 e. The molecule has 242 valence electrons. The summed E-state index contributed by atoms with van der Waals surface area (Å²) in [5.41, 5.74) is 3.63. The molecule has 12 heteroatoms. The molecule has 11 nitrogen and oxygen atoms in total. The smallest absolute Gasteiger partial charge is 0.407 e. The highest BCUT2D eigenvalue weighted by molar-refractivity contribution is 7.09. The van der Waals surface area contributed by atoms with Gasteiger partial charge in [0.05, 0.1) is 16.4 Å². The topological polar surface area (TPSA) is 142 Å². The van der Waals surface area contributed by atoms with Crippen LogP contribution in [0.2, 0.25) is 0 Å². The van der Waals surface area contributed by atoms with Gasteiger partial charge in [-0.2, -0.15) is 0 Å². The summed E-state index contributed by atoms with van der Waals surface area (Å²) in [6.45, 7) is 5.53. The Bertz CT molecular complexity index is 1340. The maximum absolute atomic E-state index is 13.7. The molecule has 0 spiro atoms. The first-order valence-corrected chi connectivity index (χ1v) is 16.0. The van der Waals surface area contributed by atoms with Crippen LogP contribution in [0.3, 0.4) is 0 Å². The number of nitrogens with zero attached hydrogens (tertiary/aromatic N) is 2. The van der Waals surface area contributed by atoms with Crippen LogP contribution in [0.1, 0.15) is 62.1 Å². The fraction of sp³-hybridized carbons (Fsp3) is 0.424. The molecule has 0 radical (unpaired) electrons. The Morgan fingerprint density at radius 1 is 0.911 bits per heavy atom. The molecule has 0 bridgehead atoms. The van der Waals surface area contributed by atoms with Crippen molar-refractivity contribution in [3.63, 3.8) is 0 Å². The van der Waals surface area contributed by atoms with Gasteiger partial charge < -0.3 is 30.9 Å². The molecule has 0 aliphatic rings. The zero-order chi connectivity index (χ0) is 32.6. The second kappa shape index (κ2) is 18.4. The zero-order valence-corrected chi connectivity index (χ0v) is 27.1. The second-order valence-electron chi connectivity index (χ2n) is 11.1. The van der Waals surface area contributed by atoms with Crippen LogP contribution in [0, 0.1) is 0 Å². The van der Waals surface area contributed by atoms with E-state index in [2.05, 4.69) is 26.3 Å². The van der Waals surface area contributed by atoms with E-state index in [0.717, 1.165) is 16.0 Å². The van der Waals surface area contributed by atoms with E-state index in [9.17, 15) is 19.2 Å². The summed E-state index contributed by atoms with van der Waals surface area (Å²) in [5, 5.41) is 11.7. The van der Waals surface area contributed by atoms with Crippen LogP contribution in [0.4, 0.5) is 9.59 Å². The summed E-state index contributed by atoms with van der Waals surface area (Å²) in [6.07, 6.45) is 2.92. The number of thiazole rings is 1. The van der Waals surface area contributed by atoms with E-state index in [4.69, 9.17) is 4.74 Å². The number of hydrogen-bond acceptors (Lipinski definition) is 7. The van der Waals surface area contributed by atoms with Gasteiger partial charge in [-0.1, -0.05) is 60.7 Å². The minimum atomic E-state index is -0.867. The van der Waals surface area contributed by atoms with Gasteiger partial charge in [0.2, 0.25) is 11.8 Å². The van der Waals surface area contributed by atoms with Crippen molar-refractivity contribution in [3.8, 4) is 0 Å². The number of hydrogen-bond donors (Lipinski definition) is 4. The number of ether oxygens (including phenoxy) is 1. The van der Waals surface area contributed by atoms with Crippen molar-refractivity contribution in [2.24, 2.45) is 0 Å². The Labute approximate surface area is 269 Å². The maximum atomic E-state index is 13.7. The normalized spacial score (nSPS) is 12.8. The van der Waals surface area contributed by atoms with Crippen LogP contribution in [-0.4, -0.2) is 65.5 Å². The summed E-state index contributed by atoms with van der Waals surface area (Å²) < 4.78 is 5.44. The second-order valence-corrected chi connectivity index (χ2v) is 12.1. The third-order valence-corrected chi connectivity index (χ3v) is 8.07. The fourth-order valence-electron chi connectivity index (χ4n) is 4.58. The molecule has 0 fully saturated rings. The highest BCUT2D eigenvalue weighted by Gasteiger charge is 2.26. The van der Waals surface area contributed by atoms with Gasteiger partial charge in [0, 0.05) is 38.8 Å². The van der Waals surface area contributed by atoms with E-state index in [-0.39, 0.29) is 55.5 Å². The lowest BCUT2D eigenvalue weighted by Gasteiger charge is -2.28. The monoisotopic (exact) mass is 636 g/mol. The number of rotatable bonds is 16. The Balaban J connectivity index is 1.75. The number of carbonyl (C=O) groups is 4. The van der Waals surface area contributed by atoms with Crippen molar-refractivity contribution in [2.75, 3.05) is 13.6 Å². The lowest BCUT2D eigenvalue weighted by atomic mass is 9.95. The molecule has 0 aliphatic carbocycles. The molecule has 1 aromatic heterocycles. The van der Waals surface area contributed by atoms with Gasteiger partial charge in [-0.15, -0.1) is 11.3 Å². The lowest BCUT2D eigenvalue weighted by molar-refractivity contribution is -0.124. The van der Waals surface area contributed by atoms with Crippen LogP contribution in [-0.2, 0) is 27.4 Å². The number of urea groups is 1. The molecule has 3 unspecified atom stereocenters. The van der Waals surface area contributed by atoms with Crippen molar-refractivity contribution < 1.29 is 23.9 Å². The predicted octanol–water partition coefficient (Wildman–Crippen LogP) is 4.56. The molecule has 4 N–H and O–H groups in total. The molecular formula is C33H44N6O5S.